The molecular formula is C12H10BrClN2O3S2. The maximum Gasteiger partial charge on any atom is 0.253 e. The molecule has 2 aromatic rings. The van der Waals surface area contributed by atoms with E-state index in [0.29, 0.717) is 15.5 Å². The number of sulfonamides is 1. The first kappa shape index (κ1) is 16.4. The van der Waals surface area contributed by atoms with E-state index in [2.05, 4.69) is 21.2 Å². The van der Waals surface area contributed by atoms with E-state index in [-0.39, 0.29) is 16.7 Å². The molecule has 1 aromatic heterocycles. The Kier molecular flexibility index (Phi) is 5.05. The monoisotopic (exact) mass is 408 g/mol. The molecule has 0 bridgehead atoms. The number of hydrogen-bond donors (Lipinski definition) is 2. The van der Waals surface area contributed by atoms with Crippen molar-refractivity contribution < 1.29 is 13.2 Å². The summed E-state index contributed by atoms with van der Waals surface area (Å²) >= 11 is 10.2. The Morgan fingerprint density at radius 1 is 1.33 bits per heavy atom. The van der Waals surface area contributed by atoms with Crippen molar-refractivity contribution in [1.29, 1.82) is 0 Å². The summed E-state index contributed by atoms with van der Waals surface area (Å²) in [6.07, 6.45) is 0. The Hall–Kier alpha value is -0.930. The topological polar surface area (TPSA) is 89.3 Å². The Morgan fingerprint density at radius 3 is 2.67 bits per heavy atom. The Labute approximate surface area is 139 Å². The van der Waals surface area contributed by atoms with Gasteiger partial charge in [0, 0.05) is 9.35 Å². The van der Waals surface area contributed by atoms with E-state index in [1.165, 1.54) is 6.07 Å². The predicted molar refractivity (Wildman–Crippen MR) is 86.0 cm³/mol. The molecule has 0 saturated carbocycles. The summed E-state index contributed by atoms with van der Waals surface area (Å²) in [4.78, 5) is 12.7. The first-order chi connectivity index (χ1) is 9.77. The zero-order valence-corrected chi connectivity index (χ0v) is 14.4. The molecule has 0 aliphatic rings. The molecule has 0 saturated heterocycles. The van der Waals surface area contributed by atoms with Crippen molar-refractivity contribution in [1.82, 2.24) is 5.32 Å². The fourth-order valence-corrected chi connectivity index (χ4v) is 3.82. The number of amides is 1. The molecule has 1 amide bonds. The van der Waals surface area contributed by atoms with Crippen LogP contribution in [0.1, 0.15) is 15.2 Å². The minimum Gasteiger partial charge on any atom is -0.347 e. The van der Waals surface area contributed by atoms with E-state index >= 15 is 0 Å². The second-order valence-corrected chi connectivity index (χ2v) is 8.35. The SMILES string of the molecule is NS(=O)(=O)c1ccc(CNC(=O)c2cc(Br)ccc2Cl)s1. The third-order valence-electron chi connectivity index (χ3n) is 2.51. The molecule has 0 radical (unpaired) electrons. The molecule has 0 aliphatic heterocycles. The number of halogens is 2. The molecule has 112 valence electrons. The highest BCUT2D eigenvalue weighted by atomic mass is 79.9. The van der Waals surface area contributed by atoms with Crippen molar-refractivity contribution in [3.05, 3.63) is 50.3 Å². The number of primary sulfonamides is 1. The molecule has 0 spiro atoms. The molecule has 9 heteroatoms. The maximum atomic E-state index is 12.0. The van der Waals surface area contributed by atoms with Gasteiger partial charge in [0.05, 0.1) is 17.1 Å². The highest BCUT2D eigenvalue weighted by Gasteiger charge is 2.13. The number of benzene rings is 1. The van der Waals surface area contributed by atoms with Gasteiger partial charge in [0.15, 0.2) is 0 Å². The summed E-state index contributed by atoms with van der Waals surface area (Å²) in [6.45, 7) is 0.196. The smallest absolute Gasteiger partial charge is 0.253 e. The summed E-state index contributed by atoms with van der Waals surface area (Å²) in [5.41, 5.74) is 0.342. The average molecular weight is 410 g/mol. The quantitative estimate of drug-likeness (QED) is 0.813. The molecule has 3 N–H and O–H groups in total. The molecule has 1 heterocycles. The van der Waals surface area contributed by atoms with E-state index in [1.54, 1.807) is 24.3 Å². The molecule has 0 fully saturated rings. The maximum absolute atomic E-state index is 12.0. The van der Waals surface area contributed by atoms with Crippen molar-refractivity contribution in [2.75, 3.05) is 0 Å². The molecule has 5 nitrogen and oxygen atoms in total. The van der Waals surface area contributed by atoms with Crippen molar-refractivity contribution in [3.8, 4) is 0 Å². The van der Waals surface area contributed by atoms with Crippen LogP contribution in [0.3, 0.4) is 0 Å². The number of nitrogens with one attached hydrogen (secondary N) is 1. The van der Waals surface area contributed by atoms with Crippen LogP contribution in [0.4, 0.5) is 0 Å². The van der Waals surface area contributed by atoms with Gasteiger partial charge in [-0.2, -0.15) is 0 Å². The van der Waals surface area contributed by atoms with Gasteiger partial charge in [-0.25, -0.2) is 13.6 Å². The zero-order valence-electron chi connectivity index (χ0n) is 10.5. The average Bonchev–Trinajstić information content (AvgIpc) is 2.87. The molecule has 21 heavy (non-hydrogen) atoms. The van der Waals surface area contributed by atoms with E-state index in [1.807, 2.05) is 0 Å². The second-order valence-electron chi connectivity index (χ2n) is 4.07. The lowest BCUT2D eigenvalue weighted by atomic mass is 10.2. The van der Waals surface area contributed by atoms with E-state index in [4.69, 9.17) is 16.7 Å². The Balaban J connectivity index is 2.08. The van der Waals surface area contributed by atoms with Crippen LogP contribution in [0.25, 0.3) is 0 Å². The van der Waals surface area contributed by atoms with Gasteiger partial charge in [0.2, 0.25) is 10.0 Å². The van der Waals surface area contributed by atoms with Gasteiger partial charge in [-0.3, -0.25) is 4.79 Å². The Morgan fingerprint density at radius 2 is 2.05 bits per heavy atom. The summed E-state index contributed by atoms with van der Waals surface area (Å²) in [7, 11) is -3.71. The number of thiophene rings is 1. The summed E-state index contributed by atoms with van der Waals surface area (Å²) in [6, 6.07) is 7.98. The van der Waals surface area contributed by atoms with Gasteiger partial charge < -0.3 is 5.32 Å². The standard InChI is InChI=1S/C12H10BrClN2O3S2/c13-7-1-3-10(14)9(5-7)12(17)16-6-8-2-4-11(20-8)21(15,18)19/h1-5H,6H2,(H,16,17)(H2,15,18,19). The Bertz CT molecular complexity index is 790. The number of rotatable bonds is 4. The first-order valence-electron chi connectivity index (χ1n) is 5.62. The van der Waals surface area contributed by atoms with Crippen molar-refractivity contribution in [2.45, 2.75) is 10.8 Å². The number of hydrogen-bond acceptors (Lipinski definition) is 4. The zero-order chi connectivity index (χ0) is 15.6. The molecule has 1 aromatic carbocycles. The fraction of sp³-hybridized carbons (Fsp3) is 0.0833. The minimum atomic E-state index is -3.71. The number of nitrogens with two attached hydrogens (primary N) is 1. The highest BCUT2D eigenvalue weighted by Crippen LogP contribution is 2.22. The predicted octanol–water partition coefficient (Wildman–Crippen LogP) is 2.74. The molecule has 0 aliphatic carbocycles. The lowest BCUT2D eigenvalue weighted by molar-refractivity contribution is 0.0951. The third-order valence-corrected chi connectivity index (χ3v) is 5.86. The highest BCUT2D eigenvalue weighted by molar-refractivity contribution is 9.10. The van der Waals surface area contributed by atoms with Crippen LogP contribution < -0.4 is 10.5 Å². The van der Waals surface area contributed by atoms with Gasteiger partial charge in [-0.05, 0) is 30.3 Å². The largest absolute Gasteiger partial charge is 0.347 e. The lowest BCUT2D eigenvalue weighted by Crippen LogP contribution is -2.22. The molecule has 0 atom stereocenters. The fourth-order valence-electron chi connectivity index (χ4n) is 1.54. The molecule has 2 rings (SSSR count). The van der Waals surface area contributed by atoms with Gasteiger partial charge in [0.25, 0.3) is 5.91 Å². The van der Waals surface area contributed by atoms with Gasteiger partial charge in [0.1, 0.15) is 4.21 Å². The van der Waals surface area contributed by atoms with E-state index < -0.39 is 10.0 Å². The van der Waals surface area contributed by atoms with Crippen molar-refractivity contribution >= 4 is 54.8 Å². The van der Waals surface area contributed by atoms with Gasteiger partial charge in [-0.15, -0.1) is 11.3 Å². The van der Waals surface area contributed by atoms with E-state index in [0.717, 1.165) is 15.8 Å². The van der Waals surface area contributed by atoms with Crippen LogP contribution in [0, 0.1) is 0 Å². The summed E-state index contributed by atoms with van der Waals surface area (Å²) in [5, 5.41) is 8.04. The second kappa shape index (κ2) is 6.45. The van der Waals surface area contributed by atoms with Crippen LogP contribution >= 0.6 is 38.9 Å². The normalized spacial score (nSPS) is 11.4. The number of carbonyl (C=O) groups is 1. The minimum absolute atomic E-state index is 0.0623. The van der Waals surface area contributed by atoms with E-state index in [9.17, 15) is 13.2 Å². The van der Waals surface area contributed by atoms with Crippen molar-refractivity contribution in [3.63, 3.8) is 0 Å². The van der Waals surface area contributed by atoms with Crippen LogP contribution in [-0.4, -0.2) is 14.3 Å². The molecular weight excluding hydrogens is 400 g/mol. The van der Waals surface area contributed by atoms with Crippen LogP contribution in [0.5, 0.6) is 0 Å². The van der Waals surface area contributed by atoms with Crippen molar-refractivity contribution in [2.24, 2.45) is 5.14 Å². The lowest BCUT2D eigenvalue weighted by Gasteiger charge is -2.06. The van der Waals surface area contributed by atoms with Crippen LogP contribution in [0.2, 0.25) is 5.02 Å². The summed E-state index contributed by atoms with van der Waals surface area (Å²) < 4.78 is 23.1. The van der Waals surface area contributed by atoms with Crippen LogP contribution in [-0.2, 0) is 16.6 Å². The number of carbonyl (C=O) groups excluding carboxylic acids is 1. The third kappa shape index (κ3) is 4.27. The first-order valence-corrected chi connectivity index (χ1v) is 9.15. The van der Waals surface area contributed by atoms with Gasteiger partial charge >= 0.3 is 0 Å². The summed E-state index contributed by atoms with van der Waals surface area (Å²) in [5.74, 6) is -0.341. The van der Waals surface area contributed by atoms with Gasteiger partial charge in [-0.1, -0.05) is 27.5 Å². The molecule has 0 unspecified atom stereocenters. The van der Waals surface area contributed by atoms with Crippen LogP contribution in [0.15, 0.2) is 39.0 Å².